The minimum Gasteiger partial charge on any atom is -0.396 e. The van der Waals surface area contributed by atoms with Crippen LogP contribution in [0, 0.1) is 5.41 Å². The third kappa shape index (κ3) is 3.04. The third-order valence-corrected chi connectivity index (χ3v) is 3.33. The van der Waals surface area contributed by atoms with Crippen LogP contribution in [-0.2, 0) is 12.1 Å². The van der Waals surface area contributed by atoms with E-state index in [2.05, 4.69) is 36.4 Å². The first kappa shape index (κ1) is 12.5. The predicted molar refractivity (Wildman–Crippen MR) is 65.5 cm³/mol. The Labute approximate surface area is 102 Å². The van der Waals surface area contributed by atoms with Crippen LogP contribution >= 0.6 is 0 Å². The van der Waals surface area contributed by atoms with E-state index < -0.39 is 0 Å². The summed E-state index contributed by atoms with van der Waals surface area (Å²) >= 11 is 0. The van der Waals surface area contributed by atoms with Crippen molar-refractivity contribution in [3.05, 3.63) is 11.9 Å². The molecule has 0 amide bonds. The molecule has 0 spiro atoms. The fourth-order valence-electron chi connectivity index (χ4n) is 1.73. The predicted octanol–water partition coefficient (Wildman–Crippen LogP) is 0.895. The summed E-state index contributed by atoms with van der Waals surface area (Å²) in [6.07, 6.45) is 4.24. The molecule has 0 saturated heterocycles. The number of hydrogen-bond donors (Lipinski definition) is 2. The first-order chi connectivity index (χ1) is 7.95. The maximum atomic E-state index is 9.19. The molecule has 0 bridgehead atoms. The fraction of sp³-hybridized carbons (Fsp3) is 0.833. The zero-order valence-corrected chi connectivity index (χ0v) is 10.9. The highest BCUT2D eigenvalue weighted by molar-refractivity contribution is 4.97. The van der Waals surface area contributed by atoms with Gasteiger partial charge in [0, 0.05) is 25.1 Å². The van der Waals surface area contributed by atoms with Crippen LogP contribution in [0.1, 0.15) is 39.3 Å². The van der Waals surface area contributed by atoms with Gasteiger partial charge in [-0.1, -0.05) is 5.21 Å². The Morgan fingerprint density at radius 1 is 1.47 bits per heavy atom. The number of hydrogen-bond acceptors (Lipinski definition) is 4. The van der Waals surface area contributed by atoms with E-state index in [0.717, 1.165) is 31.6 Å². The van der Waals surface area contributed by atoms with Gasteiger partial charge in [-0.15, -0.1) is 5.10 Å². The quantitative estimate of drug-likeness (QED) is 0.800. The van der Waals surface area contributed by atoms with Crippen molar-refractivity contribution >= 4 is 0 Å². The standard InChI is InChI=1S/C12H22N4O/c1-11(2,3)16-7-10(14-15-16)6-13-8-12(9-17)4-5-12/h7,13,17H,4-6,8-9H2,1-3H3. The van der Waals surface area contributed by atoms with Crippen molar-refractivity contribution in [2.75, 3.05) is 13.2 Å². The zero-order valence-electron chi connectivity index (χ0n) is 10.9. The summed E-state index contributed by atoms with van der Waals surface area (Å²) in [5.41, 5.74) is 1.09. The van der Waals surface area contributed by atoms with Gasteiger partial charge in [0.1, 0.15) is 0 Å². The molecular weight excluding hydrogens is 216 g/mol. The Bertz CT molecular complexity index is 376. The van der Waals surface area contributed by atoms with E-state index in [-0.39, 0.29) is 17.6 Å². The molecule has 2 N–H and O–H groups in total. The minimum atomic E-state index is -0.0198. The van der Waals surface area contributed by atoms with Gasteiger partial charge in [-0.2, -0.15) is 0 Å². The van der Waals surface area contributed by atoms with E-state index in [1.54, 1.807) is 0 Å². The minimum absolute atomic E-state index is 0.0198. The second-order valence-electron chi connectivity index (χ2n) is 6.09. The summed E-state index contributed by atoms with van der Waals surface area (Å²) in [7, 11) is 0. The number of rotatable bonds is 5. The summed E-state index contributed by atoms with van der Waals surface area (Å²) in [5, 5.41) is 20.8. The highest BCUT2D eigenvalue weighted by atomic mass is 16.3. The van der Waals surface area contributed by atoms with E-state index >= 15 is 0 Å². The molecule has 1 aromatic heterocycles. The number of nitrogens with one attached hydrogen (secondary N) is 1. The SMILES string of the molecule is CC(C)(C)n1cc(CNCC2(CO)CC2)nn1. The highest BCUT2D eigenvalue weighted by Gasteiger charge is 2.41. The average molecular weight is 238 g/mol. The van der Waals surface area contributed by atoms with Gasteiger partial charge in [0.25, 0.3) is 0 Å². The lowest BCUT2D eigenvalue weighted by Crippen LogP contribution is -2.26. The van der Waals surface area contributed by atoms with Crippen LogP contribution in [0.25, 0.3) is 0 Å². The van der Waals surface area contributed by atoms with Gasteiger partial charge in [-0.3, -0.25) is 0 Å². The summed E-state index contributed by atoms with van der Waals surface area (Å²) < 4.78 is 1.88. The van der Waals surface area contributed by atoms with Crippen molar-refractivity contribution in [2.45, 2.75) is 45.7 Å². The molecule has 1 aromatic rings. The van der Waals surface area contributed by atoms with Gasteiger partial charge in [0.2, 0.25) is 0 Å². The average Bonchev–Trinajstić information content (AvgIpc) is 2.86. The second kappa shape index (κ2) is 4.38. The van der Waals surface area contributed by atoms with Gasteiger partial charge >= 0.3 is 0 Å². The Morgan fingerprint density at radius 2 is 2.18 bits per heavy atom. The van der Waals surface area contributed by atoms with E-state index in [9.17, 15) is 5.11 Å². The molecule has 96 valence electrons. The Hall–Kier alpha value is -0.940. The monoisotopic (exact) mass is 238 g/mol. The maximum absolute atomic E-state index is 9.19. The molecule has 1 heterocycles. The summed E-state index contributed by atoms with van der Waals surface area (Å²) in [6, 6.07) is 0. The second-order valence-corrected chi connectivity index (χ2v) is 6.09. The molecule has 1 aliphatic carbocycles. The molecule has 5 nitrogen and oxygen atoms in total. The van der Waals surface area contributed by atoms with Crippen LogP contribution in [-0.4, -0.2) is 33.3 Å². The molecule has 5 heteroatoms. The zero-order chi connectivity index (χ0) is 12.5. The molecule has 1 aliphatic rings. The molecule has 1 saturated carbocycles. The number of aliphatic hydroxyl groups is 1. The van der Waals surface area contributed by atoms with E-state index in [4.69, 9.17) is 0 Å². The lowest BCUT2D eigenvalue weighted by Gasteiger charge is -2.17. The van der Waals surface area contributed by atoms with E-state index in [0.29, 0.717) is 0 Å². The van der Waals surface area contributed by atoms with Crippen LogP contribution in [0.5, 0.6) is 0 Å². The fourth-order valence-corrected chi connectivity index (χ4v) is 1.73. The number of aliphatic hydroxyl groups excluding tert-OH is 1. The van der Waals surface area contributed by atoms with Crippen molar-refractivity contribution in [2.24, 2.45) is 5.41 Å². The Balaban J connectivity index is 1.81. The molecule has 0 aromatic carbocycles. The van der Waals surface area contributed by atoms with Crippen molar-refractivity contribution in [1.82, 2.24) is 20.3 Å². The molecule has 2 rings (SSSR count). The van der Waals surface area contributed by atoms with Crippen molar-refractivity contribution in [3.63, 3.8) is 0 Å². The van der Waals surface area contributed by atoms with Gasteiger partial charge in [-0.25, -0.2) is 4.68 Å². The third-order valence-electron chi connectivity index (χ3n) is 3.33. The van der Waals surface area contributed by atoms with Crippen LogP contribution in [0.4, 0.5) is 0 Å². The first-order valence-corrected chi connectivity index (χ1v) is 6.19. The molecule has 0 aliphatic heterocycles. The normalized spacial score (nSPS) is 18.4. The maximum Gasteiger partial charge on any atom is 0.0965 e. The lowest BCUT2D eigenvalue weighted by molar-refractivity contribution is 0.207. The molecule has 17 heavy (non-hydrogen) atoms. The largest absolute Gasteiger partial charge is 0.396 e. The van der Waals surface area contributed by atoms with E-state index in [1.807, 2.05) is 10.9 Å². The van der Waals surface area contributed by atoms with Crippen LogP contribution < -0.4 is 5.32 Å². The Kier molecular flexibility index (Phi) is 3.23. The summed E-state index contributed by atoms with van der Waals surface area (Å²) in [6.45, 7) is 8.18. The summed E-state index contributed by atoms with van der Waals surface area (Å²) in [4.78, 5) is 0. The van der Waals surface area contributed by atoms with Crippen molar-refractivity contribution < 1.29 is 5.11 Å². The van der Waals surface area contributed by atoms with Gasteiger partial charge in [0.15, 0.2) is 0 Å². The van der Waals surface area contributed by atoms with Crippen LogP contribution in [0.15, 0.2) is 6.20 Å². The van der Waals surface area contributed by atoms with Crippen LogP contribution in [0.3, 0.4) is 0 Å². The van der Waals surface area contributed by atoms with E-state index in [1.165, 1.54) is 0 Å². The smallest absolute Gasteiger partial charge is 0.0965 e. The highest BCUT2D eigenvalue weighted by Crippen LogP contribution is 2.44. The van der Waals surface area contributed by atoms with Crippen LogP contribution in [0.2, 0.25) is 0 Å². The number of nitrogens with zero attached hydrogens (tertiary/aromatic N) is 3. The molecule has 0 atom stereocenters. The van der Waals surface area contributed by atoms with Crippen molar-refractivity contribution in [1.29, 1.82) is 0 Å². The number of aromatic nitrogens is 3. The van der Waals surface area contributed by atoms with Gasteiger partial charge in [-0.05, 0) is 33.6 Å². The lowest BCUT2D eigenvalue weighted by atomic mass is 10.1. The van der Waals surface area contributed by atoms with Gasteiger partial charge < -0.3 is 10.4 Å². The topological polar surface area (TPSA) is 63.0 Å². The van der Waals surface area contributed by atoms with Gasteiger partial charge in [0.05, 0.1) is 17.4 Å². The molecule has 0 unspecified atom stereocenters. The molecule has 1 fully saturated rings. The van der Waals surface area contributed by atoms with Crippen molar-refractivity contribution in [3.8, 4) is 0 Å². The summed E-state index contributed by atoms with van der Waals surface area (Å²) in [5.74, 6) is 0. The first-order valence-electron chi connectivity index (χ1n) is 6.19. The Morgan fingerprint density at radius 3 is 2.65 bits per heavy atom. The molecule has 0 radical (unpaired) electrons. The molecular formula is C12H22N4O.